The van der Waals surface area contributed by atoms with E-state index >= 15 is 0 Å². The van der Waals surface area contributed by atoms with Crippen LogP contribution in [0, 0.1) is 5.82 Å². The molecular formula is C18H24ClFN4O2. The van der Waals surface area contributed by atoms with Crippen LogP contribution in [0.2, 0.25) is 0 Å². The van der Waals surface area contributed by atoms with E-state index in [9.17, 15) is 9.18 Å². The minimum Gasteiger partial charge on any atom is -0.480 e. The molecule has 0 bridgehead atoms. The predicted molar refractivity (Wildman–Crippen MR) is 99.3 cm³/mol. The molecule has 0 atom stereocenters. The van der Waals surface area contributed by atoms with Gasteiger partial charge < -0.3 is 5.11 Å². The third-order valence-electron chi connectivity index (χ3n) is 4.69. The van der Waals surface area contributed by atoms with Crippen LogP contribution in [0.15, 0.2) is 36.5 Å². The predicted octanol–water partition coefficient (Wildman–Crippen LogP) is 2.41. The molecule has 1 aromatic heterocycles. The van der Waals surface area contributed by atoms with Gasteiger partial charge in [0.25, 0.3) is 0 Å². The topological polar surface area (TPSA) is 61.6 Å². The molecular weight excluding hydrogens is 359 g/mol. The molecule has 6 nitrogen and oxygen atoms in total. The first-order valence-corrected chi connectivity index (χ1v) is 8.46. The lowest BCUT2D eigenvalue weighted by molar-refractivity contribution is -0.138. The molecule has 2 aromatic rings. The molecule has 1 aromatic carbocycles. The molecule has 8 heteroatoms. The largest absolute Gasteiger partial charge is 0.480 e. The molecule has 1 saturated heterocycles. The Morgan fingerprint density at radius 3 is 2.54 bits per heavy atom. The van der Waals surface area contributed by atoms with E-state index in [-0.39, 0.29) is 24.8 Å². The molecule has 0 radical (unpaired) electrons. The number of halogens is 2. The first-order chi connectivity index (χ1) is 12.0. The SMILES string of the molecule is CN(CC(=O)O)C1CCN(Cc2ccn(-c3ccc(F)cc3)n2)CC1.Cl. The molecule has 0 amide bonds. The van der Waals surface area contributed by atoms with Crippen molar-refractivity contribution >= 4 is 18.4 Å². The van der Waals surface area contributed by atoms with Crippen molar-refractivity contribution in [2.75, 3.05) is 26.7 Å². The van der Waals surface area contributed by atoms with Crippen LogP contribution >= 0.6 is 12.4 Å². The van der Waals surface area contributed by atoms with Gasteiger partial charge in [0.05, 0.1) is 17.9 Å². The van der Waals surface area contributed by atoms with Crippen molar-refractivity contribution in [2.45, 2.75) is 25.4 Å². The quantitative estimate of drug-likeness (QED) is 0.831. The second kappa shape index (κ2) is 9.12. The maximum absolute atomic E-state index is 13.0. The highest BCUT2D eigenvalue weighted by Gasteiger charge is 2.23. The maximum Gasteiger partial charge on any atom is 0.317 e. The first kappa shape index (κ1) is 20.4. The smallest absolute Gasteiger partial charge is 0.317 e. The summed E-state index contributed by atoms with van der Waals surface area (Å²) in [5.74, 6) is -1.04. The third-order valence-corrected chi connectivity index (χ3v) is 4.69. The third kappa shape index (κ3) is 5.27. The van der Waals surface area contributed by atoms with E-state index in [1.165, 1.54) is 12.1 Å². The lowest BCUT2D eigenvalue weighted by Crippen LogP contribution is -2.44. The van der Waals surface area contributed by atoms with Gasteiger partial charge in [0.2, 0.25) is 0 Å². The minimum atomic E-state index is -0.781. The molecule has 3 rings (SSSR count). The van der Waals surface area contributed by atoms with E-state index in [1.54, 1.807) is 16.8 Å². The van der Waals surface area contributed by atoms with Crippen LogP contribution in [0.3, 0.4) is 0 Å². The molecule has 1 fully saturated rings. The second-order valence-corrected chi connectivity index (χ2v) is 6.54. The van der Waals surface area contributed by atoms with Gasteiger partial charge in [-0.1, -0.05) is 0 Å². The normalized spacial score (nSPS) is 15.8. The van der Waals surface area contributed by atoms with E-state index in [0.717, 1.165) is 43.9 Å². The van der Waals surface area contributed by atoms with Crippen LogP contribution in [0.4, 0.5) is 4.39 Å². The Balaban J connectivity index is 0.00000243. The van der Waals surface area contributed by atoms with Gasteiger partial charge in [-0.05, 0) is 50.2 Å². The fourth-order valence-electron chi connectivity index (χ4n) is 3.27. The molecule has 0 spiro atoms. The molecule has 1 aliphatic heterocycles. The number of hydrogen-bond donors (Lipinski definition) is 1. The van der Waals surface area contributed by atoms with Gasteiger partial charge in [0, 0.05) is 31.9 Å². The highest BCUT2D eigenvalue weighted by Crippen LogP contribution is 2.17. The number of aromatic nitrogens is 2. The Morgan fingerprint density at radius 1 is 1.27 bits per heavy atom. The van der Waals surface area contributed by atoms with Crippen LogP contribution in [0.1, 0.15) is 18.5 Å². The number of aliphatic carboxylic acids is 1. The van der Waals surface area contributed by atoms with Gasteiger partial charge in [0.15, 0.2) is 0 Å². The highest BCUT2D eigenvalue weighted by molar-refractivity contribution is 5.85. The van der Waals surface area contributed by atoms with Gasteiger partial charge in [-0.3, -0.25) is 14.6 Å². The van der Waals surface area contributed by atoms with Gasteiger partial charge in [-0.25, -0.2) is 9.07 Å². The van der Waals surface area contributed by atoms with E-state index < -0.39 is 5.97 Å². The summed E-state index contributed by atoms with van der Waals surface area (Å²) in [6, 6.07) is 8.56. The standard InChI is InChI=1S/C18H23FN4O2.ClH/c1-21(13-18(24)25)16-7-9-22(10-8-16)12-15-6-11-23(20-15)17-4-2-14(19)3-5-17;/h2-6,11,16H,7-10,12-13H2,1H3,(H,24,25);1H. The Morgan fingerprint density at radius 2 is 1.92 bits per heavy atom. The summed E-state index contributed by atoms with van der Waals surface area (Å²) < 4.78 is 14.8. The Hall–Kier alpha value is -1.96. The van der Waals surface area contributed by atoms with Gasteiger partial charge in [-0.15, -0.1) is 12.4 Å². The van der Waals surface area contributed by atoms with Gasteiger partial charge >= 0.3 is 5.97 Å². The Bertz CT molecular complexity index is 714. The summed E-state index contributed by atoms with van der Waals surface area (Å²) in [6.07, 6.45) is 3.81. The zero-order valence-corrected chi connectivity index (χ0v) is 15.5. The van der Waals surface area contributed by atoms with E-state index in [2.05, 4.69) is 10.00 Å². The first-order valence-electron chi connectivity index (χ1n) is 8.46. The van der Waals surface area contributed by atoms with Crippen molar-refractivity contribution in [3.8, 4) is 5.69 Å². The summed E-state index contributed by atoms with van der Waals surface area (Å²) in [6.45, 7) is 2.71. The number of rotatable bonds is 6. The fourth-order valence-corrected chi connectivity index (χ4v) is 3.27. The number of carbonyl (C=O) groups is 1. The zero-order valence-electron chi connectivity index (χ0n) is 14.7. The fraction of sp³-hybridized carbons (Fsp3) is 0.444. The number of carboxylic acids is 1. The summed E-state index contributed by atoms with van der Waals surface area (Å²) in [7, 11) is 1.87. The molecule has 1 N–H and O–H groups in total. The average Bonchev–Trinajstić information content (AvgIpc) is 3.04. The van der Waals surface area contributed by atoms with Crippen LogP contribution in [-0.2, 0) is 11.3 Å². The average molecular weight is 383 g/mol. The van der Waals surface area contributed by atoms with Crippen LogP contribution in [0.5, 0.6) is 0 Å². The number of hydrogen-bond acceptors (Lipinski definition) is 4. The number of carboxylic acid groups (broad SMARTS) is 1. The molecule has 2 heterocycles. The zero-order chi connectivity index (χ0) is 17.8. The van der Waals surface area contributed by atoms with Crippen molar-refractivity contribution in [1.29, 1.82) is 0 Å². The molecule has 26 heavy (non-hydrogen) atoms. The summed E-state index contributed by atoms with van der Waals surface area (Å²) in [5, 5.41) is 13.5. The summed E-state index contributed by atoms with van der Waals surface area (Å²) in [5.41, 5.74) is 1.81. The summed E-state index contributed by atoms with van der Waals surface area (Å²) >= 11 is 0. The second-order valence-electron chi connectivity index (χ2n) is 6.54. The van der Waals surface area contributed by atoms with E-state index in [4.69, 9.17) is 5.11 Å². The molecule has 1 aliphatic rings. The molecule has 142 valence electrons. The lowest BCUT2D eigenvalue weighted by Gasteiger charge is -2.35. The van der Waals surface area contributed by atoms with Crippen LogP contribution < -0.4 is 0 Å². The number of nitrogens with zero attached hydrogens (tertiary/aromatic N) is 4. The van der Waals surface area contributed by atoms with Crippen LogP contribution in [0.25, 0.3) is 5.69 Å². The lowest BCUT2D eigenvalue weighted by atomic mass is 10.0. The molecule has 0 unspecified atom stereocenters. The van der Waals surface area contributed by atoms with E-state index in [1.807, 2.05) is 24.2 Å². The van der Waals surface area contributed by atoms with Crippen molar-refractivity contribution < 1.29 is 14.3 Å². The number of likely N-dealkylation sites (tertiary alicyclic amines) is 1. The number of benzene rings is 1. The number of piperidine rings is 1. The highest BCUT2D eigenvalue weighted by atomic mass is 35.5. The van der Waals surface area contributed by atoms with Crippen molar-refractivity contribution in [3.63, 3.8) is 0 Å². The Labute approximate surface area is 158 Å². The van der Waals surface area contributed by atoms with Crippen molar-refractivity contribution in [3.05, 3.63) is 48.0 Å². The maximum atomic E-state index is 13.0. The molecule has 0 saturated carbocycles. The van der Waals surface area contributed by atoms with Crippen LogP contribution in [-0.4, -0.2) is 63.4 Å². The van der Waals surface area contributed by atoms with E-state index in [0.29, 0.717) is 6.04 Å². The summed E-state index contributed by atoms with van der Waals surface area (Å²) in [4.78, 5) is 15.1. The minimum absolute atomic E-state index is 0. The van der Waals surface area contributed by atoms with Crippen molar-refractivity contribution in [2.24, 2.45) is 0 Å². The van der Waals surface area contributed by atoms with Gasteiger partial charge in [-0.2, -0.15) is 5.10 Å². The molecule has 0 aliphatic carbocycles. The van der Waals surface area contributed by atoms with Crippen molar-refractivity contribution in [1.82, 2.24) is 19.6 Å². The monoisotopic (exact) mass is 382 g/mol. The van der Waals surface area contributed by atoms with Gasteiger partial charge in [0.1, 0.15) is 5.82 Å². The number of likely N-dealkylation sites (N-methyl/N-ethyl adjacent to an activating group) is 1. The Kier molecular flexibility index (Phi) is 7.14.